The largest absolute Gasteiger partial charge is 0.496 e. The van der Waals surface area contributed by atoms with Crippen molar-refractivity contribution in [2.45, 2.75) is 13.1 Å². The van der Waals surface area contributed by atoms with Crippen molar-refractivity contribution in [2.75, 3.05) is 7.11 Å². The van der Waals surface area contributed by atoms with Gasteiger partial charge in [-0.25, -0.2) is 0 Å². The van der Waals surface area contributed by atoms with E-state index in [1.54, 1.807) is 13.4 Å². The van der Waals surface area contributed by atoms with E-state index in [2.05, 4.69) is 5.32 Å². The Labute approximate surface area is 105 Å². The molecule has 2 aromatic rings. The van der Waals surface area contributed by atoms with E-state index in [9.17, 15) is 0 Å². The molecule has 0 aliphatic rings. The number of hydrogen-bond donors (Lipinski definition) is 1. The molecule has 0 aliphatic carbocycles. The summed E-state index contributed by atoms with van der Waals surface area (Å²) in [5, 5.41) is 3.97. The minimum atomic E-state index is 0.642. The van der Waals surface area contributed by atoms with Crippen molar-refractivity contribution in [3.05, 3.63) is 52.9 Å². The molecule has 1 N–H and O–H groups in total. The Morgan fingerprint density at radius 1 is 1.24 bits per heavy atom. The number of rotatable bonds is 5. The number of halogens is 1. The zero-order chi connectivity index (χ0) is 12.1. The van der Waals surface area contributed by atoms with E-state index < -0.39 is 0 Å². The van der Waals surface area contributed by atoms with E-state index in [0.717, 1.165) is 17.1 Å². The second-order valence-corrected chi connectivity index (χ2v) is 4.01. The molecule has 0 saturated carbocycles. The second-order valence-electron chi connectivity index (χ2n) is 3.60. The molecule has 2 rings (SSSR count). The zero-order valence-electron chi connectivity index (χ0n) is 9.57. The number of furan rings is 1. The van der Waals surface area contributed by atoms with Crippen molar-refractivity contribution in [2.24, 2.45) is 0 Å². The SMILES string of the molecule is COc1cccc(Cl)c1CNCc1ccco1. The Morgan fingerprint density at radius 2 is 2.12 bits per heavy atom. The molecule has 1 aromatic carbocycles. The lowest BCUT2D eigenvalue weighted by Crippen LogP contribution is -2.13. The molecule has 3 nitrogen and oxygen atoms in total. The molecule has 0 aliphatic heterocycles. The van der Waals surface area contributed by atoms with Crippen LogP contribution < -0.4 is 10.1 Å². The summed E-state index contributed by atoms with van der Waals surface area (Å²) in [5.41, 5.74) is 0.961. The molecule has 90 valence electrons. The van der Waals surface area contributed by atoms with Gasteiger partial charge in [-0.2, -0.15) is 0 Å². The van der Waals surface area contributed by atoms with Gasteiger partial charge in [0.05, 0.1) is 19.9 Å². The van der Waals surface area contributed by atoms with Crippen molar-refractivity contribution in [1.29, 1.82) is 0 Å². The summed E-state index contributed by atoms with van der Waals surface area (Å²) in [4.78, 5) is 0. The average Bonchev–Trinajstić information content (AvgIpc) is 2.84. The highest BCUT2D eigenvalue weighted by Gasteiger charge is 2.07. The maximum Gasteiger partial charge on any atom is 0.124 e. The van der Waals surface area contributed by atoms with Crippen LogP contribution in [-0.2, 0) is 13.1 Å². The fourth-order valence-corrected chi connectivity index (χ4v) is 1.86. The first-order chi connectivity index (χ1) is 8.31. The maximum atomic E-state index is 6.13. The third kappa shape index (κ3) is 3.02. The van der Waals surface area contributed by atoms with Crippen LogP contribution in [0.4, 0.5) is 0 Å². The van der Waals surface area contributed by atoms with Crippen LogP contribution in [0, 0.1) is 0 Å². The third-order valence-corrected chi connectivity index (χ3v) is 2.83. The summed E-state index contributed by atoms with van der Waals surface area (Å²) >= 11 is 6.13. The smallest absolute Gasteiger partial charge is 0.124 e. The van der Waals surface area contributed by atoms with Crippen molar-refractivity contribution in [1.82, 2.24) is 5.32 Å². The van der Waals surface area contributed by atoms with E-state index in [0.29, 0.717) is 18.1 Å². The second kappa shape index (κ2) is 5.75. The van der Waals surface area contributed by atoms with E-state index in [1.165, 1.54) is 0 Å². The summed E-state index contributed by atoms with van der Waals surface area (Å²) in [6.45, 7) is 1.31. The quantitative estimate of drug-likeness (QED) is 0.886. The summed E-state index contributed by atoms with van der Waals surface area (Å²) in [7, 11) is 1.64. The van der Waals surface area contributed by atoms with Crippen molar-refractivity contribution in [3.8, 4) is 5.75 Å². The molecule has 0 radical (unpaired) electrons. The molecule has 1 heterocycles. The highest BCUT2D eigenvalue weighted by Crippen LogP contribution is 2.25. The van der Waals surface area contributed by atoms with E-state index in [4.69, 9.17) is 20.8 Å². The minimum absolute atomic E-state index is 0.642. The van der Waals surface area contributed by atoms with Gasteiger partial charge in [0.1, 0.15) is 11.5 Å². The van der Waals surface area contributed by atoms with Gasteiger partial charge in [0.25, 0.3) is 0 Å². The Balaban J connectivity index is 1.98. The molecule has 0 saturated heterocycles. The predicted octanol–water partition coefficient (Wildman–Crippen LogP) is 3.23. The highest BCUT2D eigenvalue weighted by molar-refractivity contribution is 6.31. The first kappa shape index (κ1) is 12.0. The van der Waals surface area contributed by atoms with Crippen LogP contribution in [0.1, 0.15) is 11.3 Å². The number of ether oxygens (including phenoxy) is 1. The third-order valence-electron chi connectivity index (χ3n) is 2.48. The van der Waals surface area contributed by atoms with Crippen LogP contribution in [-0.4, -0.2) is 7.11 Å². The van der Waals surface area contributed by atoms with Crippen LogP contribution in [0.25, 0.3) is 0 Å². The molecule has 0 bridgehead atoms. The van der Waals surface area contributed by atoms with E-state index in [1.807, 2.05) is 30.3 Å². The lowest BCUT2D eigenvalue weighted by Gasteiger charge is -2.10. The maximum absolute atomic E-state index is 6.13. The summed E-state index contributed by atoms with van der Waals surface area (Å²) in [6.07, 6.45) is 1.66. The topological polar surface area (TPSA) is 34.4 Å². The standard InChI is InChI=1S/C13H14ClNO2/c1-16-13-6-2-5-12(14)11(13)9-15-8-10-4-3-7-17-10/h2-7,15H,8-9H2,1H3. The van der Waals surface area contributed by atoms with Crippen molar-refractivity contribution < 1.29 is 9.15 Å². The Bertz CT molecular complexity index is 468. The Kier molecular flexibility index (Phi) is 4.07. The van der Waals surface area contributed by atoms with Gasteiger partial charge in [-0.3, -0.25) is 0 Å². The monoisotopic (exact) mass is 251 g/mol. The van der Waals surface area contributed by atoms with Crippen LogP contribution in [0.3, 0.4) is 0 Å². The van der Waals surface area contributed by atoms with Gasteiger partial charge < -0.3 is 14.5 Å². The molecule has 0 atom stereocenters. The summed E-state index contributed by atoms with van der Waals surface area (Å²) < 4.78 is 10.5. The van der Waals surface area contributed by atoms with Gasteiger partial charge in [0.15, 0.2) is 0 Å². The van der Waals surface area contributed by atoms with Crippen LogP contribution in [0.15, 0.2) is 41.0 Å². The minimum Gasteiger partial charge on any atom is -0.496 e. The predicted molar refractivity (Wildman–Crippen MR) is 67.3 cm³/mol. The molecule has 4 heteroatoms. The Morgan fingerprint density at radius 3 is 2.82 bits per heavy atom. The number of hydrogen-bond acceptors (Lipinski definition) is 3. The first-order valence-corrected chi connectivity index (χ1v) is 5.73. The highest BCUT2D eigenvalue weighted by atomic mass is 35.5. The number of nitrogens with one attached hydrogen (secondary N) is 1. The molecular formula is C13H14ClNO2. The van der Waals surface area contributed by atoms with Crippen molar-refractivity contribution >= 4 is 11.6 Å². The van der Waals surface area contributed by atoms with E-state index >= 15 is 0 Å². The van der Waals surface area contributed by atoms with Gasteiger partial charge in [-0.1, -0.05) is 17.7 Å². The molecular weight excluding hydrogens is 238 g/mol. The fraction of sp³-hybridized carbons (Fsp3) is 0.231. The van der Waals surface area contributed by atoms with Gasteiger partial charge in [0, 0.05) is 17.1 Å². The summed E-state index contributed by atoms with van der Waals surface area (Å²) in [5.74, 6) is 1.69. The summed E-state index contributed by atoms with van der Waals surface area (Å²) in [6, 6.07) is 9.42. The Hall–Kier alpha value is -1.45. The average molecular weight is 252 g/mol. The number of benzene rings is 1. The molecule has 0 amide bonds. The van der Waals surface area contributed by atoms with Gasteiger partial charge >= 0.3 is 0 Å². The van der Waals surface area contributed by atoms with Gasteiger partial charge in [-0.05, 0) is 24.3 Å². The molecule has 1 aromatic heterocycles. The first-order valence-electron chi connectivity index (χ1n) is 5.35. The van der Waals surface area contributed by atoms with Gasteiger partial charge in [0.2, 0.25) is 0 Å². The zero-order valence-corrected chi connectivity index (χ0v) is 10.3. The lowest BCUT2D eigenvalue weighted by molar-refractivity contribution is 0.406. The molecule has 0 spiro atoms. The van der Waals surface area contributed by atoms with Gasteiger partial charge in [-0.15, -0.1) is 0 Å². The van der Waals surface area contributed by atoms with E-state index in [-0.39, 0.29) is 0 Å². The lowest BCUT2D eigenvalue weighted by atomic mass is 10.2. The number of methoxy groups -OCH3 is 1. The molecule has 17 heavy (non-hydrogen) atoms. The van der Waals surface area contributed by atoms with Crippen molar-refractivity contribution in [3.63, 3.8) is 0 Å². The molecule has 0 unspecified atom stereocenters. The molecule has 0 fully saturated rings. The van der Waals surface area contributed by atoms with Crippen LogP contribution >= 0.6 is 11.6 Å². The van der Waals surface area contributed by atoms with Crippen LogP contribution in [0.2, 0.25) is 5.02 Å². The van der Waals surface area contributed by atoms with Crippen LogP contribution in [0.5, 0.6) is 5.75 Å². The fourth-order valence-electron chi connectivity index (χ4n) is 1.63. The normalized spacial score (nSPS) is 10.5.